The van der Waals surface area contributed by atoms with Crippen LogP contribution in [0, 0.1) is 29.3 Å². The van der Waals surface area contributed by atoms with Gasteiger partial charge in [0.25, 0.3) is 5.91 Å². The molecule has 5 atom stereocenters. The Bertz CT molecular complexity index is 1840. The van der Waals surface area contributed by atoms with Crippen LogP contribution in [0.15, 0.2) is 77.4 Å². The van der Waals surface area contributed by atoms with Crippen molar-refractivity contribution < 1.29 is 45.9 Å². The van der Waals surface area contributed by atoms with E-state index >= 15 is 0 Å². The summed E-state index contributed by atoms with van der Waals surface area (Å²) in [5, 5.41) is 14.9. The maximum Gasteiger partial charge on any atom is 0.338 e. The molecule has 9 nitrogen and oxygen atoms in total. The van der Waals surface area contributed by atoms with Gasteiger partial charge in [-0.15, -0.1) is 5.06 Å². The zero-order valence-corrected chi connectivity index (χ0v) is 26.5. The Balaban J connectivity index is 1.26. The van der Waals surface area contributed by atoms with Gasteiger partial charge in [0.1, 0.15) is 12.3 Å². The van der Waals surface area contributed by atoms with Gasteiger partial charge in [0.2, 0.25) is 0 Å². The first kappa shape index (κ1) is 33.0. The first-order chi connectivity index (χ1) is 22.3. The number of nitrogens with one attached hydrogen (secondary N) is 1. The number of carbonyl (C=O) groups excluding carboxylic acids is 2. The van der Waals surface area contributed by atoms with Crippen molar-refractivity contribution in [2.75, 3.05) is 12.4 Å². The van der Waals surface area contributed by atoms with Crippen LogP contribution >= 0.6 is 11.6 Å². The van der Waals surface area contributed by atoms with E-state index in [9.17, 15) is 36.3 Å². The number of amides is 1. The number of sulfone groups is 1. The SMILES string of the molecule is COC(=O)C1=CON(Cc2ccccc2)C1[C@]1(O)CC2CC[C@@H](C1)[C@H]2S(=O)(=O)c1cc(C(=O)Nc2cc(F)c(F)c(F)c2)ccc1Cl. The highest BCUT2D eigenvalue weighted by atomic mass is 35.5. The van der Waals surface area contributed by atoms with E-state index in [1.54, 1.807) is 0 Å². The summed E-state index contributed by atoms with van der Waals surface area (Å²) >= 11 is 6.38. The Hall–Kier alpha value is -3.91. The average Bonchev–Trinajstić information content (AvgIpc) is 3.59. The molecule has 0 spiro atoms. The summed E-state index contributed by atoms with van der Waals surface area (Å²) in [5.41, 5.74) is -1.09. The first-order valence-corrected chi connectivity index (χ1v) is 16.7. The average molecular weight is 691 g/mol. The summed E-state index contributed by atoms with van der Waals surface area (Å²) in [7, 11) is -2.96. The van der Waals surface area contributed by atoms with Crippen molar-refractivity contribution in [1.82, 2.24) is 5.06 Å². The monoisotopic (exact) mass is 690 g/mol. The lowest BCUT2D eigenvalue weighted by Crippen LogP contribution is -2.57. The van der Waals surface area contributed by atoms with Crippen LogP contribution in [0.1, 0.15) is 41.6 Å². The molecular formula is C33H30ClF3N2O7S. The van der Waals surface area contributed by atoms with Crippen LogP contribution in [0.3, 0.4) is 0 Å². The van der Waals surface area contributed by atoms with Crippen molar-refractivity contribution in [2.24, 2.45) is 11.8 Å². The van der Waals surface area contributed by atoms with E-state index in [-0.39, 0.29) is 46.1 Å². The molecular weight excluding hydrogens is 661 g/mol. The first-order valence-electron chi connectivity index (χ1n) is 14.8. The molecule has 1 heterocycles. The molecule has 0 aromatic heterocycles. The standard InChI is InChI=1S/C33H30ClF3N2O7S/c1-45-32(41)23-17-46-39(16-18-5-3-2-4-6-18)30(23)33(42)14-20-7-8-21(15-33)29(20)47(43,44)27-11-19(9-10-24(27)34)31(40)38-22-12-25(35)28(37)26(36)13-22/h2-6,9-13,17,20-21,29-30,42H,7-8,14-16H2,1H3,(H,38,40)/t20-,21?,29+,30?,33+/m0/s1. The van der Waals surface area contributed by atoms with Gasteiger partial charge in [-0.3, -0.25) is 4.79 Å². The van der Waals surface area contributed by atoms with Crippen molar-refractivity contribution in [3.63, 3.8) is 0 Å². The number of hydrogen-bond acceptors (Lipinski definition) is 8. The molecule has 2 bridgehead atoms. The third-order valence-electron chi connectivity index (χ3n) is 9.18. The highest BCUT2D eigenvalue weighted by molar-refractivity contribution is 7.92. The van der Waals surface area contributed by atoms with Crippen molar-refractivity contribution in [3.05, 3.63) is 106 Å². The molecule has 2 unspecified atom stereocenters. The maximum absolute atomic E-state index is 14.2. The van der Waals surface area contributed by atoms with E-state index in [0.717, 1.165) is 11.6 Å². The smallest absolute Gasteiger partial charge is 0.338 e. The number of benzene rings is 3. The van der Waals surface area contributed by atoms with Gasteiger partial charge >= 0.3 is 5.97 Å². The molecule has 0 saturated heterocycles. The normalized spacial score (nSPS) is 25.6. The third-order valence-corrected chi connectivity index (χ3v) is 12.1. The molecule has 1 aliphatic heterocycles. The topological polar surface area (TPSA) is 122 Å². The fourth-order valence-electron chi connectivity index (χ4n) is 7.27. The van der Waals surface area contributed by atoms with Gasteiger partial charge in [-0.2, -0.15) is 0 Å². The number of methoxy groups -OCH3 is 1. The lowest BCUT2D eigenvalue weighted by atomic mass is 9.71. The molecule has 2 N–H and O–H groups in total. The van der Waals surface area contributed by atoms with Gasteiger partial charge in [0.05, 0.1) is 40.0 Å². The second-order valence-corrected chi connectivity index (χ2v) is 14.6. The van der Waals surface area contributed by atoms with Gasteiger partial charge in [-0.25, -0.2) is 26.4 Å². The van der Waals surface area contributed by atoms with Crippen molar-refractivity contribution in [1.29, 1.82) is 0 Å². The minimum atomic E-state index is -4.19. The predicted molar refractivity (Wildman–Crippen MR) is 164 cm³/mol. The Morgan fingerprint density at radius 3 is 2.30 bits per heavy atom. The summed E-state index contributed by atoms with van der Waals surface area (Å²) in [4.78, 5) is 31.2. The van der Waals surface area contributed by atoms with Crippen LogP contribution in [-0.2, 0) is 30.8 Å². The van der Waals surface area contributed by atoms with Crippen molar-refractivity contribution >= 4 is 39.0 Å². The molecule has 14 heteroatoms. The van der Waals surface area contributed by atoms with E-state index in [4.69, 9.17) is 21.2 Å². The van der Waals surface area contributed by atoms with Gasteiger partial charge < -0.3 is 20.0 Å². The lowest BCUT2D eigenvalue weighted by Gasteiger charge is -2.46. The van der Waals surface area contributed by atoms with Crippen molar-refractivity contribution in [3.8, 4) is 0 Å². The quantitative estimate of drug-likeness (QED) is 0.232. The highest BCUT2D eigenvalue weighted by Gasteiger charge is 2.60. The zero-order chi connectivity index (χ0) is 33.7. The minimum absolute atomic E-state index is 0.0283. The molecule has 6 rings (SSSR count). The number of hydroxylamine groups is 2. The second-order valence-electron chi connectivity index (χ2n) is 12.1. The third kappa shape index (κ3) is 6.13. The summed E-state index contributed by atoms with van der Waals surface area (Å²) in [6, 6.07) is 13.2. The molecule has 2 fully saturated rings. The predicted octanol–water partition coefficient (Wildman–Crippen LogP) is 5.58. The van der Waals surface area contributed by atoms with Crippen molar-refractivity contribution in [2.45, 2.75) is 54.0 Å². The lowest BCUT2D eigenvalue weighted by molar-refractivity contribution is -0.180. The summed E-state index contributed by atoms with van der Waals surface area (Å²) < 4.78 is 74.2. The number of nitrogens with zero attached hydrogens (tertiary/aromatic N) is 1. The zero-order valence-electron chi connectivity index (χ0n) is 25.0. The number of carbonyl (C=O) groups is 2. The van der Waals surface area contributed by atoms with E-state index in [2.05, 4.69) is 5.32 Å². The van der Waals surface area contributed by atoms with E-state index < -0.39 is 67.9 Å². The van der Waals surface area contributed by atoms with Crippen LogP contribution in [0.5, 0.6) is 0 Å². The molecule has 2 aliphatic carbocycles. The Labute approximate surface area is 273 Å². The fraction of sp³-hybridized carbons (Fsp3) is 0.333. The number of aliphatic hydroxyl groups is 1. The van der Waals surface area contributed by atoms with Gasteiger partial charge in [0, 0.05) is 23.4 Å². The molecule has 2 saturated carbocycles. The molecule has 0 radical (unpaired) electrons. The van der Waals surface area contributed by atoms with Gasteiger partial charge in [-0.1, -0.05) is 41.9 Å². The van der Waals surface area contributed by atoms with Gasteiger partial charge in [0.15, 0.2) is 27.3 Å². The molecule has 3 aliphatic rings. The summed E-state index contributed by atoms with van der Waals surface area (Å²) in [5.74, 6) is -7.33. The van der Waals surface area contributed by atoms with Crippen LogP contribution in [0.25, 0.3) is 0 Å². The van der Waals surface area contributed by atoms with Crippen LogP contribution in [0.2, 0.25) is 5.02 Å². The summed E-state index contributed by atoms with van der Waals surface area (Å²) in [6.45, 7) is 0.240. The number of hydrogen-bond donors (Lipinski definition) is 2. The number of halogens is 4. The molecule has 1 amide bonds. The Morgan fingerprint density at radius 1 is 1.04 bits per heavy atom. The number of fused-ring (bicyclic) bond motifs is 2. The molecule has 3 aromatic rings. The van der Waals surface area contributed by atoms with E-state index in [1.165, 1.54) is 30.6 Å². The second kappa shape index (κ2) is 12.6. The highest BCUT2D eigenvalue weighted by Crippen LogP contribution is 2.54. The number of esters is 1. The van der Waals surface area contributed by atoms with Gasteiger partial charge in [-0.05, 0) is 61.3 Å². The number of rotatable bonds is 8. The minimum Gasteiger partial charge on any atom is -0.466 e. The van der Waals surface area contributed by atoms with Crippen LogP contribution < -0.4 is 5.32 Å². The van der Waals surface area contributed by atoms with Crippen LogP contribution in [-0.4, -0.2) is 54.5 Å². The maximum atomic E-state index is 14.2. The molecule has 3 aromatic carbocycles. The number of ether oxygens (including phenoxy) is 1. The van der Waals surface area contributed by atoms with Crippen LogP contribution in [0.4, 0.5) is 18.9 Å². The summed E-state index contributed by atoms with van der Waals surface area (Å²) in [6.07, 6.45) is 2.29. The Kier molecular flexibility index (Phi) is 8.85. The Morgan fingerprint density at radius 2 is 1.68 bits per heavy atom. The number of anilines is 1. The largest absolute Gasteiger partial charge is 0.466 e. The van der Waals surface area contributed by atoms with E-state index in [0.29, 0.717) is 25.0 Å². The molecule has 248 valence electrons. The molecule has 47 heavy (non-hydrogen) atoms. The van der Waals surface area contributed by atoms with E-state index in [1.807, 2.05) is 30.3 Å². The fourth-order valence-corrected chi connectivity index (χ4v) is 10.1.